The van der Waals surface area contributed by atoms with Gasteiger partial charge in [0.25, 0.3) is 0 Å². The second-order valence-electron chi connectivity index (χ2n) is 2.88. The van der Waals surface area contributed by atoms with Crippen molar-refractivity contribution in [3.8, 4) is 5.75 Å². The fraction of sp³-hybridized carbons (Fsp3) is 0.333. The van der Waals surface area contributed by atoms with Crippen LogP contribution in [0.25, 0.3) is 0 Å². The lowest BCUT2D eigenvalue weighted by atomic mass is 10.3. The molecule has 5 nitrogen and oxygen atoms in total. The number of rotatable bonds is 3. The van der Waals surface area contributed by atoms with Gasteiger partial charge in [0, 0.05) is 6.07 Å². The zero-order valence-corrected chi connectivity index (χ0v) is 8.75. The first-order valence-electron chi connectivity index (χ1n) is 4.52. The molecule has 1 heterocycles. The van der Waals surface area contributed by atoms with Gasteiger partial charge in [-0.2, -0.15) is 0 Å². The number of nitrogen functional groups attached to an aromatic ring is 1. The quantitative estimate of drug-likeness (QED) is 0.827. The average molecular weight is 250 g/mol. The van der Waals surface area contributed by atoms with Gasteiger partial charge in [-0.3, -0.25) is 0 Å². The molecular formula is C9H9F3N2O3. The number of ether oxygens (including phenoxy) is 2. The van der Waals surface area contributed by atoms with E-state index in [4.69, 9.17) is 5.73 Å². The number of aromatic nitrogens is 1. The van der Waals surface area contributed by atoms with E-state index >= 15 is 0 Å². The van der Waals surface area contributed by atoms with E-state index in [1.54, 1.807) is 0 Å². The summed E-state index contributed by atoms with van der Waals surface area (Å²) in [7, 11) is 0. The minimum atomic E-state index is -4.93. The number of hydrogen-bond donors (Lipinski definition) is 1. The second kappa shape index (κ2) is 4.89. The molecule has 0 radical (unpaired) electrons. The number of nitrogens with zero attached hydrogens (tertiary/aromatic N) is 1. The van der Waals surface area contributed by atoms with Crippen LogP contribution in [-0.2, 0) is 4.74 Å². The van der Waals surface area contributed by atoms with Crippen LogP contribution >= 0.6 is 0 Å². The lowest BCUT2D eigenvalue weighted by Gasteiger charge is -2.12. The smallest absolute Gasteiger partial charge is 0.461 e. The Morgan fingerprint density at radius 1 is 1.53 bits per heavy atom. The number of hydrogen-bond acceptors (Lipinski definition) is 5. The molecule has 0 bridgehead atoms. The summed E-state index contributed by atoms with van der Waals surface area (Å²) in [5, 5.41) is 0. The highest BCUT2D eigenvalue weighted by Gasteiger charge is 2.33. The summed E-state index contributed by atoms with van der Waals surface area (Å²) in [5.41, 5.74) is 4.63. The number of esters is 1. The van der Waals surface area contributed by atoms with Gasteiger partial charge >= 0.3 is 12.3 Å². The predicted octanol–water partition coefficient (Wildman–Crippen LogP) is 1.74. The first kappa shape index (κ1) is 13.1. The number of anilines is 1. The van der Waals surface area contributed by atoms with E-state index in [2.05, 4.69) is 14.5 Å². The summed E-state index contributed by atoms with van der Waals surface area (Å²) in [6.45, 7) is 1.52. The summed E-state index contributed by atoms with van der Waals surface area (Å²) in [6, 6.07) is 0.854. The Kier molecular flexibility index (Phi) is 3.77. The Bertz CT molecular complexity index is 420. The van der Waals surface area contributed by atoms with Gasteiger partial charge in [0.05, 0.1) is 18.5 Å². The van der Waals surface area contributed by atoms with E-state index in [0.29, 0.717) is 0 Å². The number of halogens is 3. The molecule has 0 saturated carbocycles. The molecule has 94 valence electrons. The molecule has 1 aromatic heterocycles. The third-order valence-corrected chi connectivity index (χ3v) is 1.57. The lowest BCUT2D eigenvalue weighted by Crippen LogP contribution is -2.20. The lowest BCUT2D eigenvalue weighted by molar-refractivity contribution is -0.274. The molecule has 17 heavy (non-hydrogen) atoms. The maximum absolute atomic E-state index is 12.1. The van der Waals surface area contributed by atoms with Crippen LogP contribution in [0.3, 0.4) is 0 Å². The first-order valence-corrected chi connectivity index (χ1v) is 4.52. The van der Waals surface area contributed by atoms with Gasteiger partial charge in [-0.25, -0.2) is 9.78 Å². The normalized spacial score (nSPS) is 11.1. The van der Waals surface area contributed by atoms with Crippen molar-refractivity contribution < 1.29 is 27.4 Å². The van der Waals surface area contributed by atoms with Crippen LogP contribution in [0.4, 0.5) is 18.9 Å². The Morgan fingerprint density at radius 3 is 2.71 bits per heavy atom. The Morgan fingerprint density at radius 2 is 2.18 bits per heavy atom. The van der Waals surface area contributed by atoms with Crippen molar-refractivity contribution in [3.63, 3.8) is 0 Å². The molecule has 1 aromatic rings. The van der Waals surface area contributed by atoms with Gasteiger partial charge in [-0.05, 0) is 6.92 Å². The van der Waals surface area contributed by atoms with Gasteiger partial charge in [-0.15, -0.1) is 13.2 Å². The fourth-order valence-electron chi connectivity index (χ4n) is 1.01. The molecule has 0 saturated heterocycles. The standard InChI is InChI=1S/C9H9F3N2O3/c1-2-16-8(15)7-6(17-9(10,11)12)3-5(13)4-14-7/h3-4H,2,13H2,1H3. The largest absolute Gasteiger partial charge is 0.573 e. The zero-order valence-electron chi connectivity index (χ0n) is 8.75. The molecule has 1 rings (SSSR count). The predicted molar refractivity (Wildman–Crippen MR) is 51.3 cm³/mol. The van der Waals surface area contributed by atoms with Crippen molar-refractivity contribution in [1.29, 1.82) is 0 Å². The minimum Gasteiger partial charge on any atom is -0.461 e. The van der Waals surface area contributed by atoms with Gasteiger partial charge < -0.3 is 15.2 Å². The third-order valence-electron chi connectivity index (χ3n) is 1.57. The summed E-state index contributed by atoms with van der Waals surface area (Å²) >= 11 is 0. The third kappa shape index (κ3) is 3.82. The molecule has 0 aliphatic heterocycles. The molecule has 0 aliphatic carbocycles. The minimum absolute atomic E-state index is 0.0103. The van der Waals surface area contributed by atoms with Crippen LogP contribution in [0.1, 0.15) is 17.4 Å². The number of pyridine rings is 1. The number of carbonyl (C=O) groups is 1. The summed E-state index contributed by atoms with van der Waals surface area (Å²) in [4.78, 5) is 14.7. The van der Waals surface area contributed by atoms with Crippen molar-refractivity contribution in [1.82, 2.24) is 4.98 Å². The van der Waals surface area contributed by atoms with E-state index in [0.717, 1.165) is 12.3 Å². The van der Waals surface area contributed by atoms with Crippen LogP contribution in [0.2, 0.25) is 0 Å². The average Bonchev–Trinajstić information content (AvgIpc) is 2.15. The number of nitrogens with two attached hydrogens (primary N) is 1. The summed E-state index contributed by atoms with van der Waals surface area (Å²) in [6.07, 6.45) is -3.90. The van der Waals surface area contributed by atoms with Crippen LogP contribution in [0.5, 0.6) is 5.75 Å². The topological polar surface area (TPSA) is 74.4 Å². The summed E-state index contributed by atoms with van der Waals surface area (Å²) in [5.74, 6) is -1.79. The number of carbonyl (C=O) groups excluding carboxylic acids is 1. The monoisotopic (exact) mass is 250 g/mol. The Hall–Kier alpha value is -1.99. The van der Waals surface area contributed by atoms with Gasteiger partial charge in [0.15, 0.2) is 11.4 Å². The van der Waals surface area contributed by atoms with Gasteiger partial charge in [-0.1, -0.05) is 0 Å². The highest BCUT2D eigenvalue weighted by molar-refractivity contribution is 5.90. The molecule has 0 amide bonds. The molecular weight excluding hydrogens is 241 g/mol. The van der Waals surface area contributed by atoms with Crippen molar-refractivity contribution in [2.24, 2.45) is 0 Å². The maximum Gasteiger partial charge on any atom is 0.573 e. The second-order valence-corrected chi connectivity index (χ2v) is 2.88. The fourth-order valence-corrected chi connectivity index (χ4v) is 1.01. The molecule has 0 fully saturated rings. The van der Waals surface area contributed by atoms with Crippen LogP contribution in [0, 0.1) is 0 Å². The number of alkyl halides is 3. The Labute approximate surface area is 94.3 Å². The molecule has 0 aliphatic rings. The van der Waals surface area contributed by atoms with E-state index in [1.807, 2.05) is 0 Å². The van der Waals surface area contributed by atoms with Gasteiger partial charge in [0.2, 0.25) is 0 Å². The van der Waals surface area contributed by atoms with Crippen LogP contribution in [-0.4, -0.2) is 23.9 Å². The van der Waals surface area contributed by atoms with E-state index in [-0.39, 0.29) is 12.3 Å². The van der Waals surface area contributed by atoms with Crippen molar-refractivity contribution in [2.45, 2.75) is 13.3 Å². The molecule has 0 unspecified atom stereocenters. The molecule has 0 spiro atoms. The van der Waals surface area contributed by atoms with Crippen molar-refractivity contribution in [3.05, 3.63) is 18.0 Å². The van der Waals surface area contributed by atoms with E-state index < -0.39 is 23.8 Å². The molecule has 0 atom stereocenters. The molecule has 0 aromatic carbocycles. The highest BCUT2D eigenvalue weighted by atomic mass is 19.4. The SMILES string of the molecule is CCOC(=O)c1ncc(N)cc1OC(F)(F)F. The van der Waals surface area contributed by atoms with Crippen LogP contribution < -0.4 is 10.5 Å². The van der Waals surface area contributed by atoms with Crippen molar-refractivity contribution >= 4 is 11.7 Å². The molecule has 2 N–H and O–H groups in total. The van der Waals surface area contributed by atoms with Crippen molar-refractivity contribution in [2.75, 3.05) is 12.3 Å². The highest BCUT2D eigenvalue weighted by Crippen LogP contribution is 2.27. The molecule has 8 heteroatoms. The van der Waals surface area contributed by atoms with Gasteiger partial charge in [0.1, 0.15) is 0 Å². The first-order chi connectivity index (χ1) is 7.83. The summed E-state index contributed by atoms with van der Waals surface area (Å²) < 4.78 is 44.3. The van der Waals surface area contributed by atoms with E-state index in [1.165, 1.54) is 6.92 Å². The zero-order chi connectivity index (χ0) is 13.1. The van der Waals surface area contributed by atoms with Crippen LogP contribution in [0.15, 0.2) is 12.3 Å². The van der Waals surface area contributed by atoms with E-state index in [9.17, 15) is 18.0 Å². The Balaban J connectivity index is 3.08. The maximum atomic E-state index is 12.1.